The van der Waals surface area contributed by atoms with Crippen molar-refractivity contribution in [3.05, 3.63) is 217 Å². The Morgan fingerprint density at radius 1 is 0.328 bits per heavy atom. The Bertz CT molecular complexity index is 3200. The lowest BCUT2D eigenvalue weighted by Crippen LogP contribution is -2.44. The number of hydrogen-bond donors (Lipinski definition) is 0. The quantitative estimate of drug-likeness (QED) is 0.143. The summed E-state index contributed by atoms with van der Waals surface area (Å²) in [6.07, 6.45) is 13.0. The molecule has 326 valence electrons. The van der Waals surface area contributed by atoms with Crippen LogP contribution in [0.4, 0.5) is 34.1 Å². The van der Waals surface area contributed by atoms with Gasteiger partial charge in [0.15, 0.2) is 0 Å². The molecule has 2 saturated carbocycles. The molecule has 2 nitrogen and oxygen atoms in total. The lowest BCUT2D eigenvalue weighted by molar-refractivity contribution is 0.137. The Morgan fingerprint density at radius 3 is 1.46 bits per heavy atom. The van der Waals surface area contributed by atoms with Crippen LogP contribution in [0.5, 0.6) is 0 Å². The van der Waals surface area contributed by atoms with Crippen molar-refractivity contribution >= 4 is 44.9 Å². The minimum atomic E-state index is -0.132. The molecule has 0 aromatic heterocycles. The van der Waals surface area contributed by atoms with E-state index in [2.05, 4.69) is 216 Å². The molecule has 0 N–H and O–H groups in total. The summed E-state index contributed by atoms with van der Waals surface area (Å²) in [5.41, 5.74) is 20.9. The minimum Gasteiger partial charge on any atom is -0.310 e. The van der Waals surface area contributed by atoms with Gasteiger partial charge in [0.2, 0.25) is 0 Å². The van der Waals surface area contributed by atoms with Gasteiger partial charge in [0.1, 0.15) is 0 Å². The van der Waals surface area contributed by atoms with Crippen LogP contribution in [0.2, 0.25) is 0 Å². The summed E-state index contributed by atoms with van der Waals surface area (Å²) in [5, 5.41) is 2.65. The van der Waals surface area contributed by atoms with E-state index in [0.29, 0.717) is 11.8 Å². The molecule has 0 spiro atoms. The molecule has 0 atom stereocenters. The summed E-state index contributed by atoms with van der Waals surface area (Å²) < 4.78 is 0. The van der Waals surface area contributed by atoms with Gasteiger partial charge in [0.05, 0.1) is 11.4 Å². The van der Waals surface area contributed by atoms with Crippen molar-refractivity contribution in [3.63, 3.8) is 0 Å². The Hall–Kier alpha value is -7.16. The van der Waals surface area contributed by atoms with Crippen LogP contribution in [-0.2, 0) is 5.41 Å². The number of hydrogen-bond acceptors (Lipinski definition) is 2. The number of nitrogens with zero attached hydrogens (tertiary/aromatic N) is 2. The maximum atomic E-state index is 2.71. The van der Waals surface area contributed by atoms with Crippen LogP contribution in [0.15, 0.2) is 206 Å². The molecule has 0 aliphatic heterocycles. The molecule has 0 heterocycles. The van der Waals surface area contributed by atoms with E-state index in [4.69, 9.17) is 0 Å². The number of benzene rings is 9. The molecular weight excluding hydrogens is 809 g/mol. The summed E-state index contributed by atoms with van der Waals surface area (Å²) in [6, 6.07) is 78.1. The highest BCUT2D eigenvalue weighted by molar-refractivity contribution is 6.19. The van der Waals surface area contributed by atoms with Crippen molar-refractivity contribution in [2.24, 2.45) is 11.8 Å². The van der Waals surface area contributed by atoms with Crippen molar-refractivity contribution < 1.29 is 0 Å². The molecule has 0 amide bonds. The summed E-state index contributed by atoms with van der Waals surface area (Å²) >= 11 is 0. The van der Waals surface area contributed by atoms with Gasteiger partial charge in [-0.25, -0.2) is 0 Å². The van der Waals surface area contributed by atoms with Crippen LogP contribution in [0.1, 0.15) is 75.3 Å². The predicted molar refractivity (Wildman–Crippen MR) is 283 cm³/mol. The molecule has 0 saturated heterocycles. The van der Waals surface area contributed by atoms with Crippen LogP contribution < -0.4 is 9.80 Å². The minimum absolute atomic E-state index is 0.132. The average Bonchev–Trinajstić information content (AvgIpc) is 3.89. The maximum absolute atomic E-state index is 2.71. The van der Waals surface area contributed by atoms with E-state index in [-0.39, 0.29) is 5.41 Å². The van der Waals surface area contributed by atoms with E-state index in [1.54, 1.807) is 11.1 Å². The molecular formula is C65H56N2. The van der Waals surface area contributed by atoms with Crippen molar-refractivity contribution in [3.8, 4) is 44.5 Å². The van der Waals surface area contributed by atoms with Gasteiger partial charge in [-0.05, 0) is 160 Å². The average molecular weight is 865 g/mol. The zero-order chi connectivity index (χ0) is 44.3. The van der Waals surface area contributed by atoms with Crippen molar-refractivity contribution in [1.82, 2.24) is 0 Å². The molecule has 0 unspecified atom stereocenters. The van der Waals surface area contributed by atoms with Gasteiger partial charge in [-0.15, -0.1) is 0 Å². The van der Waals surface area contributed by atoms with Gasteiger partial charge in [-0.3, -0.25) is 0 Å². The molecule has 2 heteroatoms. The number of para-hydroxylation sites is 3. The zero-order valence-electron chi connectivity index (χ0n) is 38.3. The summed E-state index contributed by atoms with van der Waals surface area (Å²) in [4.78, 5) is 5.13. The smallest absolute Gasteiger partial charge is 0.0546 e. The molecule has 2 fully saturated rings. The summed E-state index contributed by atoms with van der Waals surface area (Å²) in [7, 11) is 0. The Labute approximate surface area is 396 Å². The highest BCUT2D eigenvalue weighted by Crippen LogP contribution is 2.65. The maximum Gasteiger partial charge on any atom is 0.0546 e. The molecule has 13 rings (SSSR count). The second-order valence-electron chi connectivity index (χ2n) is 19.6. The second kappa shape index (κ2) is 16.6. The van der Waals surface area contributed by atoms with Crippen LogP contribution in [-0.4, -0.2) is 0 Å². The largest absolute Gasteiger partial charge is 0.310 e. The third-order valence-electron chi connectivity index (χ3n) is 16.2. The zero-order valence-corrected chi connectivity index (χ0v) is 38.3. The number of anilines is 6. The van der Waals surface area contributed by atoms with E-state index >= 15 is 0 Å². The molecule has 9 aromatic rings. The predicted octanol–water partition coefficient (Wildman–Crippen LogP) is 18.5. The van der Waals surface area contributed by atoms with Gasteiger partial charge in [0, 0.05) is 39.3 Å². The molecule has 67 heavy (non-hydrogen) atoms. The van der Waals surface area contributed by atoms with Crippen molar-refractivity contribution in [2.45, 2.75) is 69.6 Å². The number of fused-ring (bicyclic) bond motifs is 6. The van der Waals surface area contributed by atoms with Gasteiger partial charge >= 0.3 is 0 Å². The van der Waals surface area contributed by atoms with Crippen molar-refractivity contribution in [1.29, 1.82) is 0 Å². The fraction of sp³-hybridized carbons (Fsp3) is 0.200. The van der Waals surface area contributed by atoms with Crippen LogP contribution >= 0.6 is 0 Å². The highest BCUT2D eigenvalue weighted by Gasteiger charge is 2.54. The van der Waals surface area contributed by atoms with Crippen LogP contribution in [0.25, 0.3) is 55.3 Å². The summed E-state index contributed by atoms with van der Waals surface area (Å²) in [6.45, 7) is 0. The van der Waals surface area contributed by atoms with E-state index in [1.807, 2.05) is 0 Å². The molecule has 4 aliphatic rings. The number of rotatable bonds is 9. The Morgan fingerprint density at radius 2 is 0.851 bits per heavy atom. The normalized spacial score (nSPS) is 16.1. The third-order valence-corrected chi connectivity index (χ3v) is 16.2. The fourth-order valence-corrected chi connectivity index (χ4v) is 13.5. The second-order valence-corrected chi connectivity index (χ2v) is 19.6. The molecule has 0 radical (unpaired) electrons. The first-order valence-corrected chi connectivity index (χ1v) is 25.1. The standard InChI is InChI=1S/C65H56N2/c1-7-22-45(23-8-1)57-43-58-54-40-39-52(67(51-33-17-6-18-34-51)61-41-38-46-24-21-37-55-53-35-19-20-36-56(53)64(61)63(46)55)42-59(54)65(47-25-9-2-10-26-47,48-27-11-3-12-28-48)60(58)44-62(57)66(49-29-13-4-14-30-49)50-31-15-5-16-32-50/h1,4-8,13-24,29-44,47-48H,2-3,9-12,25-28H2. The van der Waals surface area contributed by atoms with Gasteiger partial charge < -0.3 is 9.80 Å². The van der Waals surface area contributed by atoms with Gasteiger partial charge in [-0.2, -0.15) is 0 Å². The Balaban J connectivity index is 1.10. The van der Waals surface area contributed by atoms with E-state index in [9.17, 15) is 0 Å². The van der Waals surface area contributed by atoms with Crippen LogP contribution in [0.3, 0.4) is 0 Å². The lowest BCUT2D eigenvalue weighted by atomic mass is 9.54. The first kappa shape index (κ1) is 40.1. The van der Waals surface area contributed by atoms with E-state index in [1.165, 1.54) is 154 Å². The Kier molecular flexibility index (Phi) is 9.96. The first-order valence-electron chi connectivity index (χ1n) is 25.1. The monoisotopic (exact) mass is 864 g/mol. The first-order chi connectivity index (χ1) is 33.3. The third kappa shape index (κ3) is 6.44. The van der Waals surface area contributed by atoms with E-state index < -0.39 is 0 Å². The lowest BCUT2D eigenvalue weighted by Gasteiger charge is -2.49. The van der Waals surface area contributed by atoms with Crippen LogP contribution in [0, 0.1) is 11.8 Å². The highest BCUT2D eigenvalue weighted by atomic mass is 15.2. The van der Waals surface area contributed by atoms with Gasteiger partial charge in [0.25, 0.3) is 0 Å². The topological polar surface area (TPSA) is 6.48 Å². The molecule has 9 aromatic carbocycles. The molecule has 4 aliphatic carbocycles. The SMILES string of the molecule is c1ccc(-c2cc3c(cc2N(c2ccccc2)c2ccccc2)C(C2CCCCC2)(C2CCCCC2)c2cc(N(c4ccccc4)c4ccc5cccc6c5c4-c4ccccc4-6)ccc2-3)cc1. The molecule has 0 bridgehead atoms. The van der Waals surface area contributed by atoms with Crippen molar-refractivity contribution in [2.75, 3.05) is 9.80 Å². The van der Waals surface area contributed by atoms with E-state index in [0.717, 1.165) is 0 Å². The summed E-state index contributed by atoms with van der Waals surface area (Å²) in [5.74, 6) is 1.10. The fourth-order valence-electron chi connectivity index (χ4n) is 13.5. The van der Waals surface area contributed by atoms with Gasteiger partial charge in [-0.1, -0.05) is 178 Å².